The monoisotopic (exact) mass is 577 g/mol. The molecule has 1 aliphatic rings. The lowest BCUT2D eigenvalue weighted by Gasteiger charge is -2.19. The van der Waals surface area contributed by atoms with Crippen LogP contribution in [0.25, 0.3) is 10.8 Å². The van der Waals surface area contributed by atoms with E-state index in [1.807, 2.05) is 24.3 Å². The molecule has 2 heterocycles. The van der Waals surface area contributed by atoms with Gasteiger partial charge in [-0.25, -0.2) is 4.79 Å². The first-order chi connectivity index (χ1) is 19.0. The number of thiophene rings is 1. The van der Waals surface area contributed by atoms with E-state index in [9.17, 15) is 19.5 Å². The van der Waals surface area contributed by atoms with E-state index in [1.165, 1.54) is 11.3 Å². The van der Waals surface area contributed by atoms with Crippen LogP contribution in [0.1, 0.15) is 52.3 Å². The number of amides is 3. The van der Waals surface area contributed by atoms with Crippen LogP contribution < -0.4 is 15.5 Å². The zero-order chi connectivity index (χ0) is 28.6. The molecule has 1 aliphatic heterocycles. The molecule has 40 heavy (non-hydrogen) atoms. The number of carbonyl (C=O) groups excluding carboxylic acids is 3. The molecule has 3 amide bonds. The average molecular weight is 578 g/mol. The average Bonchev–Trinajstić information content (AvgIpc) is 3.52. The lowest BCUT2D eigenvalue weighted by Crippen LogP contribution is -2.30. The number of rotatable bonds is 5. The van der Waals surface area contributed by atoms with E-state index in [4.69, 9.17) is 16.3 Å². The van der Waals surface area contributed by atoms with E-state index in [0.717, 1.165) is 10.9 Å². The maximum absolute atomic E-state index is 13.7. The van der Waals surface area contributed by atoms with Crippen LogP contribution in [0.2, 0.25) is 0 Å². The Bertz CT molecular complexity index is 1630. The van der Waals surface area contributed by atoms with Gasteiger partial charge in [-0.2, -0.15) is 0 Å². The highest BCUT2D eigenvalue weighted by molar-refractivity contribution is 7.12. The minimum absolute atomic E-state index is 0.0867. The standard InChI is InChI=1S/C30H28ClN3O5S/c1-30(2,3)39-29(38)33-20-12-25(40-16-20)27(36)32-19-8-6-7-17(11-19)28(37)34-15-18(14-31)26-22-10-5-4-9-21(22)24(35)13-23(26)34/h4-13,16,18,35H,14-15H2,1-3H3,(H,32,36)(H,33,38)/t18-/m1/s1. The molecule has 5 rings (SSSR count). The predicted molar refractivity (Wildman–Crippen MR) is 159 cm³/mol. The third kappa shape index (κ3) is 5.61. The summed E-state index contributed by atoms with van der Waals surface area (Å²) < 4.78 is 5.25. The summed E-state index contributed by atoms with van der Waals surface area (Å²) in [5.74, 6) is -0.305. The summed E-state index contributed by atoms with van der Waals surface area (Å²) in [6.45, 7) is 5.68. The van der Waals surface area contributed by atoms with Gasteiger partial charge in [-0.1, -0.05) is 30.3 Å². The Kier molecular flexibility index (Phi) is 7.44. The Morgan fingerprint density at radius 3 is 2.50 bits per heavy atom. The highest BCUT2D eigenvalue weighted by atomic mass is 35.5. The van der Waals surface area contributed by atoms with Crippen LogP contribution in [0.3, 0.4) is 0 Å². The van der Waals surface area contributed by atoms with Gasteiger partial charge < -0.3 is 20.1 Å². The quantitative estimate of drug-likeness (QED) is 0.218. The maximum atomic E-state index is 13.7. The normalized spacial score (nSPS) is 14.6. The molecular formula is C30H28ClN3O5S. The Morgan fingerprint density at radius 1 is 1.02 bits per heavy atom. The molecule has 0 radical (unpaired) electrons. The van der Waals surface area contributed by atoms with Gasteiger partial charge in [-0.15, -0.1) is 22.9 Å². The molecule has 1 aromatic heterocycles. The lowest BCUT2D eigenvalue weighted by atomic mass is 9.95. The largest absolute Gasteiger partial charge is 0.507 e. The summed E-state index contributed by atoms with van der Waals surface area (Å²) in [6.07, 6.45) is -0.607. The number of nitrogens with one attached hydrogen (secondary N) is 2. The van der Waals surface area contributed by atoms with Crippen LogP contribution in [0.15, 0.2) is 66.0 Å². The Hall–Kier alpha value is -4.08. The van der Waals surface area contributed by atoms with Crippen molar-refractivity contribution < 1.29 is 24.2 Å². The third-order valence-electron chi connectivity index (χ3n) is 6.41. The molecular weight excluding hydrogens is 550 g/mol. The number of halogens is 1. The number of alkyl halides is 1. The number of benzene rings is 3. The molecule has 10 heteroatoms. The molecule has 0 bridgehead atoms. The molecule has 4 aromatic rings. The molecule has 206 valence electrons. The van der Waals surface area contributed by atoms with Crippen LogP contribution >= 0.6 is 22.9 Å². The fourth-order valence-electron chi connectivity index (χ4n) is 4.77. The zero-order valence-electron chi connectivity index (χ0n) is 22.2. The Morgan fingerprint density at radius 2 is 1.77 bits per heavy atom. The fourth-order valence-corrected chi connectivity index (χ4v) is 5.75. The number of fused-ring (bicyclic) bond motifs is 3. The first-order valence-corrected chi connectivity index (χ1v) is 14.1. The molecule has 0 spiro atoms. The van der Waals surface area contributed by atoms with Crippen LogP contribution in [0.4, 0.5) is 21.9 Å². The molecule has 0 aliphatic carbocycles. The van der Waals surface area contributed by atoms with Gasteiger partial charge in [0.05, 0.1) is 16.3 Å². The first kappa shape index (κ1) is 27.5. The molecule has 0 saturated carbocycles. The smallest absolute Gasteiger partial charge is 0.412 e. The van der Waals surface area contributed by atoms with Crippen LogP contribution in [-0.4, -0.2) is 41.0 Å². The highest BCUT2D eigenvalue weighted by Gasteiger charge is 2.35. The Labute approximate surface area is 240 Å². The number of ether oxygens (including phenoxy) is 1. The van der Waals surface area contributed by atoms with E-state index >= 15 is 0 Å². The highest BCUT2D eigenvalue weighted by Crippen LogP contribution is 2.45. The number of hydrogen-bond donors (Lipinski definition) is 3. The van der Waals surface area contributed by atoms with E-state index in [2.05, 4.69) is 10.6 Å². The fraction of sp³-hybridized carbons (Fsp3) is 0.233. The van der Waals surface area contributed by atoms with Crippen LogP contribution in [0, 0.1) is 0 Å². The topological polar surface area (TPSA) is 108 Å². The number of phenolic OH excluding ortho intramolecular Hbond substituents is 1. The molecule has 8 nitrogen and oxygen atoms in total. The molecule has 3 aromatic carbocycles. The van der Waals surface area contributed by atoms with E-state index in [1.54, 1.807) is 67.4 Å². The summed E-state index contributed by atoms with van der Waals surface area (Å²) in [6, 6.07) is 17.4. The van der Waals surface area contributed by atoms with Crippen molar-refractivity contribution in [3.05, 3.63) is 82.0 Å². The minimum atomic E-state index is -0.640. The minimum Gasteiger partial charge on any atom is -0.507 e. The number of carbonyl (C=O) groups is 3. The SMILES string of the molecule is CC(C)(C)OC(=O)Nc1csc(C(=O)Nc2cccc(C(=O)N3C[C@@H](CCl)c4c3cc(O)c3ccccc43)c2)c1. The molecule has 0 unspecified atom stereocenters. The van der Waals surface area contributed by atoms with Crippen molar-refractivity contribution in [3.63, 3.8) is 0 Å². The summed E-state index contributed by atoms with van der Waals surface area (Å²) >= 11 is 7.48. The summed E-state index contributed by atoms with van der Waals surface area (Å²) in [4.78, 5) is 40.6. The first-order valence-electron chi connectivity index (χ1n) is 12.7. The second-order valence-corrected chi connectivity index (χ2v) is 11.7. The molecule has 0 fully saturated rings. The van der Waals surface area contributed by atoms with Gasteiger partial charge in [-0.3, -0.25) is 14.9 Å². The molecule has 0 saturated heterocycles. The van der Waals surface area contributed by atoms with E-state index in [0.29, 0.717) is 45.3 Å². The van der Waals surface area contributed by atoms with Gasteiger partial charge in [0.2, 0.25) is 0 Å². The van der Waals surface area contributed by atoms with Crippen molar-refractivity contribution in [1.82, 2.24) is 0 Å². The molecule has 1 atom stereocenters. The van der Waals surface area contributed by atoms with Crippen molar-refractivity contribution in [2.75, 3.05) is 28.0 Å². The summed E-state index contributed by atoms with van der Waals surface area (Å²) in [7, 11) is 0. The van der Waals surface area contributed by atoms with E-state index in [-0.39, 0.29) is 23.5 Å². The number of aromatic hydroxyl groups is 1. The van der Waals surface area contributed by atoms with Crippen molar-refractivity contribution in [2.45, 2.75) is 32.3 Å². The van der Waals surface area contributed by atoms with Crippen molar-refractivity contribution in [3.8, 4) is 5.75 Å². The zero-order valence-corrected chi connectivity index (χ0v) is 23.7. The second-order valence-electron chi connectivity index (χ2n) is 10.5. The van der Waals surface area contributed by atoms with Crippen molar-refractivity contribution in [2.24, 2.45) is 0 Å². The van der Waals surface area contributed by atoms with E-state index < -0.39 is 11.7 Å². The van der Waals surface area contributed by atoms with Crippen LogP contribution in [0.5, 0.6) is 5.75 Å². The van der Waals surface area contributed by atoms with Gasteiger partial charge in [0, 0.05) is 46.4 Å². The van der Waals surface area contributed by atoms with Crippen molar-refractivity contribution >= 4 is 68.7 Å². The second kappa shape index (κ2) is 10.8. The number of anilines is 3. The van der Waals surface area contributed by atoms with Crippen LogP contribution in [-0.2, 0) is 4.74 Å². The Balaban J connectivity index is 1.34. The predicted octanol–water partition coefficient (Wildman–Crippen LogP) is 7.19. The maximum Gasteiger partial charge on any atom is 0.412 e. The summed E-state index contributed by atoms with van der Waals surface area (Å²) in [5.41, 5.74) is 2.20. The van der Waals surface area contributed by atoms with Gasteiger partial charge >= 0.3 is 6.09 Å². The summed E-state index contributed by atoms with van der Waals surface area (Å²) in [5, 5.41) is 19.3. The number of hydrogen-bond acceptors (Lipinski definition) is 6. The third-order valence-corrected chi connectivity index (χ3v) is 7.71. The molecule has 3 N–H and O–H groups in total. The number of nitrogens with zero attached hydrogens (tertiary/aromatic N) is 1. The van der Waals surface area contributed by atoms with Gasteiger partial charge in [0.15, 0.2) is 0 Å². The van der Waals surface area contributed by atoms with Gasteiger partial charge in [0.25, 0.3) is 11.8 Å². The lowest BCUT2D eigenvalue weighted by molar-refractivity contribution is 0.0635. The number of phenols is 1. The van der Waals surface area contributed by atoms with Gasteiger partial charge in [-0.05, 0) is 56.0 Å². The van der Waals surface area contributed by atoms with Crippen molar-refractivity contribution in [1.29, 1.82) is 0 Å². The van der Waals surface area contributed by atoms with Gasteiger partial charge in [0.1, 0.15) is 11.4 Å².